The molecule has 2 aromatic rings. The lowest BCUT2D eigenvalue weighted by molar-refractivity contribution is 0.233. The summed E-state index contributed by atoms with van der Waals surface area (Å²) in [6, 6.07) is 2.19. The van der Waals surface area contributed by atoms with Crippen molar-refractivity contribution in [2.24, 2.45) is 17.6 Å². The van der Waals surface area contributed by atoms with Gasteiger partial charge >= 0.3 is 0 Å². The van der Waals surface area contributed by atoms with Crippen LogP contribution < -0.4 is 5.73 Å². The van der Waals surface area contributed by atoms with Gasteiger partial charge in [0.05, 0.1) is 12.6 Å². The molecule has 2 bridgehead atoms. The molecule has 2 aromatic heterocycles. The van der Waals surface area contributed by atoms with E-state index in [0.29, 0.717) is 36.0 Å². The quantitative estimate of drug-likeness (QED) is 0.918. The van der Waals surface area contributed by atoms with Crippen LogP contribution in [0.25, 0.3) is 0 Å². The van der Waals surface area contributed by atoms with Crippen LogP contribution in [0.15, 0.2) is 21.3 Å². The van der Waals surface area contributed by atoms with Crippen molar-refractivity contribution in [3.8, 4) is 0 Å². The number of hydrogen-bond acceptors (Lipinski definition) is 6. The van der Waals surface area contributed by atoms with Crippen LogP contribution >= 0.6 is 0 Å². The summed E-state index contributed by atoms with van der Waals surface area (Å²) in [5, 5.41) is 7.73. The fraction of sp³-hybridized carbons (Fsp3) is 0.643. The van der Waals surface area contributed by atoms with E-state index < -0.39 is 0 Å². The Labute approximate surface area is 116 Å². The first-order chi connectivity index (χ1) is 9.79. The van der Waals surface area contributed by atoms with Gasteiger partial charge in [-0.1, -0.05) is 10.3 Å². The van der Waals surface area contributed by atoms with E-state index in [1.54, 1.807) is 6.20 Å². The fourth-order valence-electron chi connectivity index (χ4n) is 3.77. The lowest BCUT2D eigenvalue weighted by Crippen LogP contribution is -2.37. The highest BCUT2D eigenvalue weighted by Gasteiger charge is 2.42. The summed E-state index contributed by atoms with van der Waals surface area (Å²) in [4.78, 5) is 4.52. The molecule has 0 spiro atoms. The first-order valence-electron chi connectivity index (χ1n) is 7.27. The molecule has 0 aromatic carbocycles. The highest BCUT2D eigenvalue weighted by Crippen LogP contribution is 2.47. The van der Waals surface area contributed by atoms with Crippen LogP contribution in [0.3, 0.4) is 0 Å². The standard InChI is InChI=1S/C14H18N4O2/c15-13-8-1-2-9(13)6-10(5-8)14-17-12(18-20-14)7-11-3-4-16-19-11/h3-4,8-10,13H,1-2,5-7,15H2/t8-,9+,10?,13?. The largest absolute Gasteiger partial charge is 0.361 e. The molecule has 0 amide bonds. The van der Waals surface area contributed by atoms with Gasteiger partial charge < -0.3 is 14.8 Å². The molecular weight excluding hydrogens is 256 g/mol. The lowest BCUT2D eigenvalue weighted by atomic mass is 9.78. The SMILES string of the molecule is NC1[C@@H]2CC[C@H]1CC(c1nc(Cc3ccno3)no1)C2. The second-order valence-electron chi connectivity index (χ2n) is 6.05. The maximum atomic E-state index is 6.23. The third kappa shape index (κ3) is 2.04. The van der Waals surface area contributed by atoms with E-state index in [1.165, 1.54) is 12.8 Å². The van der Waals surface area contributed by atoms with Gasteiger partial charge in [0.2, 0.25) is 5.89 Å². The summed E-state index contributed by atoms with van der Waals surface area (Å²) in [7, 11) is 0. The molecule has 20 heavy (non-hydrogen) atoms. The highest BCUT2D eigenvalue weighted by molar-refractivity contribution is 5.07. The summed E-state index contributed by atoms with van der Waals surface area (Å²) in [6.07, 6.45) is 6.82. The summed E-state index contributed by atoms with van der Waals surface area (Å²) in [5.41, 5.74) is 6.23. The molecule has 0 radical (unpaired) electrons. The zero-order valence-electron chi connectivity index (χ0n) is 11.2. The molecule has 2 aliphatic rings. The molecule has 2 N–H and O–H groups in total. The maximum Gasteiger partial charge on any atom is 0.229 e. The zero-order valence-corrected chi connectivity index (χ0v) is 11.2. The van der Waals surface area contributed by atoms with Crippen molar-refractivity contribution in [3.05, 3.63) is 29.7 Å². The molecule has 6 heteroatoms. The number of aromatic nitrogens is 3. The second-order valence-corrected chi connectivity index (χ2v) is 6.05. The summed E-state index contributed by atoms with van der Waals surface area (Å²) >= 11 is 0. The Hall–Kier alpha value is -1.69. The minimum absolute atomic E-state index is 0.378. The van der Waals surface area contributed by atoms with E-state index in [4.69, 9.17) is 14.8 Å². The van der Waals surface area contributed by atoms with E-state index in [1.807, 2.05) is 6.07 Å². The minimum Gasteiger partial charge on any atom is -0.361 e. The predicted octanol–water partition coefficient (Wildman–Crippen LogP) is 1.88. The molecular formula is C14H18N4O2. The van der Waals surface area contributed by atoms with E-state index in [9.17, 15) is 0 Å². The second kappa shape index (κ2) is 4.70. The number of fused-ring (bicyclic) bond motifs is 2. The summed E-state index contributed by atoms with van der Waals surface area (Å²) in [5.74, 6) is 3.82. The lowest BCUT2D eigenvalue weighted by Gasteiger charge is -2.30. The molecule has 2 aliphatic carbocycles. The summed E-state index contributed by atoms with van der Waals surface area (Å²) < 4.78 is 10.5. The van der Waals surface area contributed by atoms with E-state index >= 15 is 0 Å². The van der Waals surface area contributed by atoms with Gasteiger partial charge in [-0.05, 0) is 37.5 Å². The summed E-state index contributed by atoms with van der Waals surface area (Å²) in [6.45, 7) is 0. The van der Waals surface area contributed by atoms with Crippen molar-refractivity contribution in [1.82, 2.24) is 15.3 Å². The van der Waals surface area contributed by atoms with Crippen molar-refractivity contribution in [2.45, 2.75) is 44.1 Å². The molecule has 4 rings (SSSR count). The van der Waals surface area contributed by atoms with Gasteiger partial charge in [0.25, 0.3) is 0 Å². The first kappa shape index (κ1) is 12.1. The molecule has 4 atom stereocenters. The van der Waals surface area contributed by atoms with Crippen molar-refractivity contribution in [1.29, 1.82) is 0 Å². The van der Waals surface area contributed by atoms with Gasteiger partial charge in [-0.15, -0.1) is 0 Å². The van der Waals surface area contributed by atoms with E-state index in [-0.39, 0.29) is 0 Å². The fourth-order valence-corrected chi connectivity index (χ4v) is 3.77. The van der Waals surface area contributed by atoms with Gasteiger partial charge in [-0.3, -0.25) is 0 Å². The third-order valence-electron chi connectivity index (χ3n) is 4.83. The molecule has 2 heterocycles. The Kier molecular flexibility index (Phi) is 2.84. The monoisotopic (exact) mass is 274 g/mol. The van der Waals surface area contributed by atoms with Gasteiger partial charge in [0, 0.05) is 18.0 Å². The van der Waals surface area contributed by atoms with Crippen LogP contribution in [0.5, 0.6) is 0 Å². The van der Waals surface area contributed by atoms with Crippen molar-refractivity contribution in [2.75, 3.05) is 0 Å². The number of hydrogen-bond donors (Lipinski definition) is 1. The van der Waals surface area contributed by atoms with Crippen LogP contribution in [-0.4, -0.2) is 21.3 Å². The van der Waals surface area contributed by atoms with Crippen molar-refractivity contribution >= 4 is 0 Å². The molecule has 2 saturated carbocycles. The van der Waals surface area contributed by atoms with Crippen molar-refractivity contribution < 1.29 is 9.05 Å². The van der Waals surface area contributed by atoms with Crippen LogP contribution in [-0.2, 0) is 6.42 Å². The molecule has 2 fully saturated rings. The Balaban J connectivity index is 1.48. The topological polar surface area (TPSA) is 91.0 Å². The number of nitrogens with zero attached hydrogens (tertiary/aromatic N) is 3. The average Bonchev–Trinajstić information content (AvgIpc) is 3.14. The molecule has 0 saturated heterocycles. The van der Waals surface area contributed by atoms with E-state index in [2.05, 4.69) is 15.3 Å². The Morgan fingerprint density at radius 2 is 2.00 bits per heavy atom. The Bertz CT molecular complexity index is 566. The van der Waals surface area contributed by atoms with Gasteiger partial charge in [0.15, 0.2) is 5.82 Å². The Morgan fingerprint density at radius 1 is 1.20 bits per heavy atom. The van der Waals surface area contributed by atoms with Crippen LogP contribution in [0.4, 0.5) is 0 Å². The molecule has 6 nitrogen and oxygen atoms in total. The van der Waals surface area contributed by atoms with Crippen LogP contribution in [0, 0.1) is 11.8 Å². The number of rotatable bonds is 3. The maximum absolute atomic E-state index is 6.23. The average molecular weight is 274 g/mol. The molecule has 0 aliphatic heterocycles. The molecule has 2 unspecified atom stereocenters. The number of nitrogens with two attached hydrogens (primary N) is 1. The predicted molar refractivity (Wildman–Crippen MR) is 69.8 cm³/mol. The minimum atomic E-state index is 0.378. The first-order valence-corrected chi connectivity index (χ1v) is 7.27. The zero-order chi connectivity index (χ0) is 13.5. The van der Waals surface area contributed by atoms with Crippen molar-refractivity contribution in [3.63, 3.8) is 0 Å². The van der Waals surface area contributed by atoms with Crippen LogP contribution in [0.1, 0.15) is 49.1 Å². The molecule has 106 valence electrons. The van der Waals surface area contributed by atoms with Crippen LogP contribution in [0.2, 0.25) is 0 Å². The normalized spacial score (nSPS) is 32.6. The van der Waals surface area contributed by atoms with E-state index in [0.717, 1.165) is 24.5 Å². The highest BCUT2D eigenvalue weighted by atomic mass is 16.5. The van der Waals surface area contributed by atoms with Gasteiger partial charge in [0.1, 0.15) is 5.76 Å². The third-order valence-corrected chi connectivity index (χ3v) is 4.83. The van der Waals surface area contributed by atoms with Gasteiger partial charge in [-0.25, -0.2) is 0 Å². The smallest absolute Gasteiger partial charge is 0.229 e. The van der Waals surface area contributed by atoms with Gasteiger partial charge in [-0.2, -0.15) is 4.98 Å². The Morgan fingerprint density at radius 3 is 2.70 bits per heavy atom.